The standard InChI is InChI=1S/C17H25F2NO/c1-3-13-6-4-5-7-16(13)21-17-14(18)9-12(8-11(2)20)10-15(17)19/h9-11,13,16H,3-8,20H2,1-2H3. The fourth-order valence-corrected chi connectivity index (χ4v) is 3.16. The minimum absolute atomic E-state index is 0.0768. The number of hydrogen-bond donors (Lipinski definition) is 1. The molecule has 0 aromatic heterocycles. The van der Waals surface area contributed by atoms with E-state index in [0.29, 0.717) is 17.9 Å². The molecule has 0 amide bonds. The van der Waals surface area contributed by atoms with E-state index in [0.717, 1.165) is 25.7 Å². The van der Waals surface area contributed by atoms with Crippen molar-refractivity contribution in [1.82, 2.24) is 0 Å². The van der Waals surface area contributed by atoms with Gasteiger partial charge in [0.05, 0.1) is 0 Å². The maximum atomic E-state index is 14.1. The van der Waals surface area contributed by atoms with E-state index in [1.807, 2.05) is 6.92 Å². The second kappa shape index (κ2) is 7.21. The molecule has 0 heterocycles. The monoisotopic (exact) mass is 297 g/mol. The Morgan fingerprint density at radius 2 is 1.86 bits per heavy atom. The molecule has 21 heavy (non-hydrogen) atoms. The van der Waals surface area contributed by atoms with Crippen LogP contribution in [-0.2, 0) is 6.42 Å². The fraction of sp³-hybridized carbons (Fsp3) is 0.647. The molecule has 0 radical (unpaired) electrons. The van der Waals surface area contributed by atoms with Gasteiger partial charge in [-0.2, -0.15) is 0 Å². The Balaban J connectivity index is 2.15. The second-order valence-electron chi connectivity index (χ2n) is 6.18. The largest absolute Gasteiger partial charge is 0.484 e. The highest BCUT2D eigenvalue weighted by Gasteiger charge is 2.27. The molecule has 2 N–H and O–H groups in total. The number of rotatable bonds is 5. The van der Waals surface area contributed by atoms with Crippen LogP contribution in [0.15, 0.2) is 12.1 Å². The van der Waals surface area contributed by atoms with Gasteiger partial charge in [0.1, 0.15) is 6.10 Å². The zero-order valence-corrected chi connectivity index (χ0v) is 12.9. The van der Waals surface area contributed by atoms with Gasteiger partial charge in [0, 0.05) is 6.04 Å². The molecule has 1 fully saturated rings. The quantitative estimate of drug-likeness (QED) is 0.884. The summed E-state index contributed by atoms with van der Waals surface area (Å²) in [7, 11) is 0. The summed E-state index contributed by atoms with van der Waals surface area (Å²) in [6, 6.07) is 2.55. The Kier molecular flexibility index (Phi) is 5.57. The Labute approximate surface area is 125 Å². The first kappa shape index (κ1) is 16.2. The Morgan fingerprint density at radius 3 is 2.43 bits per heavy atom. The molecule has 0 bridgehead atoms. The first-order valence-electron chi connectivity index (χ1n) is 7.91. The average Bonchev–Trinajstić information content (AvgIpc) is 2.42. The summed E-state index contributed by atoms with van der Waals surface area (Å²) in [5.41, 5.74) is 6.24. The van der Waals surface area contributed by atoms with Crippen LogP contribution in [0.4, 0.5) is 8.78 Å². The molecule has 2 nitrogen and oxygen atoms in total. The lowest BCUT2D eigenvalue weighted by Gasteiger charge is -2.31. The molecule has 1 saturated carbocycles. The number of nitrogens with two attached hydrogens (primary N) is 1. The van der Waals surface area contributed by atoms with Crippen molar-refractivity contribution in [3.8, 4) is 5.75 Å². The number of benzene rings is 1. The topological polar surface area (TPSA) is 35.2 Å². The lowest BCUT2D eigenvalue weighted by Crippen LogP contribution is -2.30. The summed E-state index contributed by atoms with van der Waals surface area (Å²) in [6.07, 6.45) is 5.55. The van der Waals surface area contributed by atoms with Crippen LogP contribution in [0.5, 0.6) is 5.75 Å². The first-order chi connectivity index (χ1) is 10.0. The van der Waals surface area contributed by atoms with Gasteiger partial charge in [0.25, 0.3) is 0 Å². The molecule has 0 aliphatic heterocycles. The molecule has 1 aliphatic rings. The number of hydrogen-bond acceptors (Lipinski definition) is 2. The number of ether oxygens (including phenoxy) is 1. The van der Waals surface area contributed by atoms with Crippen molar-refractivity contribution in [3.63, 3.8) is 0 Å². The lowest BCUT2D eigenvalue weighted by atomic mass is 9.85. The maximum absolute atomic E-state index is 14.1. The van der Waals surface area contributed by atoms with Gasteiger partial charge in [-0.15, -0.1) is 0 Å². The molecule has 3 atom stereocenters. The summed E-state index contributed by atoms with van der Waals surface area (Å²) in [6.45, 7) is 3.92. The van der Waals surface area contributed by atoms with E-state index in [9.17, 15) is 8.78 Å². The fourth-order valence-electron chi connectivity index (χ4n) is 3.16. The second-order valence-corrected chi connectivity index (χ2v) is 6.18. The molecule has 0 spiro atoms. The van der Waals surface area contributed by atoms with Crippen molar-refractivity contribution in [1.29, 1.82) is 0 Å². The summed E-state index contributed by atoms with van der Waals surface area (Å²) in [5, 5.41) is 0. The molecular weight excluding hydrogens is 272 g/mol. The van der Waals surface area contributed by atoms with E-state index in [4.69, 9.17) is 10.5 Å². The third-order valence-corrected chi connectivity index (χ3v) is 4.25. The third kappa shape index (κ3) is 4.16. The van der Waals surface area contributed by atoms with Gasteiger partial charge in [0.15, 0.2) is 17.4 Å². The minimum atomic E-state index is -0.619. The average molecular weight is 297 g/mol. The third-order valence-electron chi connectivity index (χ3n) is 4.25. The van der Waals surface area contributed by atoms with E-state index in [2.05, 4.69) is 6.92 Å². The van der Waals surface area contributed by atoms with Gasteiger partial charge in [-0.05, 0) is 62.6 Å². The Bertz CT molecular complexity index is 453. The normalized spacial score (nSPS) is 23.9. The molecule has 3 unspecified atom stereocenters. The molecule has 0 saturated heterocycles. The number of halogens is 2. The highest BCUT2D eigenvalue weighted by Crippen LogP contribution is 2.33. The van der Waals surface area contributed by atoms with E-state index in [1.165, 1.54) is 18.6 Å². The molecule has 1 aromatic rings. The van der Waals surface area contributed by atoms with E-state index >= 15 is 0 Å². The molecule has 2 rings (SSSR count). The van der Waals surface area contributed by atoms with Crippen molar-refractivity contribution in [2.24, 2.45) is 11.7 Å². The Morgan fingerprint density at radius 1 is 1.24 bits per heavy atom. The van der Waals surface area contributed by atoms with Crippen molar-refractivity contribution in [3.05, 3.63) is 29.3 Å². The SMILES string of the molecule is CCC1CCCCC1Oc1c(F)cc(CC(C)N)cc1F. The predicted octanol–water partition coefficient (Wildman–Crippen LogP) is 4.20. The first-order valence-corrected chi connectivity index (χ1v) is 7.91. The summed E-state index contributed by atoms with van der Waals surface area (Å²) < 4.78 is 34.0. The van der Waals surface area contributed by atoms with Crippen LogP contribution < -0.4 is 10.5 Å². The summed E-state index contributed by atoms with van der Waals surface area (Å²) in [5.74, 6) is -1.08. The van der Waals surface area contributed by atoms with Gasteiger partial charge in [-0.25, -0.2) is 8.78 Å². The molecule has 1 aliphatic carbocycles. The lowest BCUT2D eigenvalue weighted by molar-refractivity contribution is 0.0819. The molecule has 4 heteroatoms. The van der Waals surface area contributed by atoms with Crippen molar-refractivity contribution in [2.45, 2.75) is 64.5 Å². The molecule has 1 aromatic carbocycles. The zero-order chi connectivity index (χ0) is 15.4. The molecular formula is C17H25F2NO. The van der Waals surface area contributed by atoms with Crippen LogP contribution in [0.25, 0.3) is 0 Å². The Hall–Kier alpha value is -1.16. The smallest absolute Gasteiger partial charge is 0.191 e. The van der Waals surface area contributed by atoms with E-state index in [-0.39, 0.29) is 17.9 Å². The van der Waals surface area contributed by atoms with Crippen LogP contribution >= 0.6 is 0 Å². The highest BCUT2D eigenvalue weighted by atomic mass is 19.1. The highest BCUT2D eigenvalue weighted by molar-refractivity contribution is 5.32. The van der Waals surface area contributed by atoms with Crippen molar-refractivity contribution < 1.29 is 13.5 Å². The van der Waals surface area contributed by atoms with Gasteiger partial charge < -0.3 is 10.5 Å². The molecule has 118 valence electrons. The van der Waals surface area contributed by atoms with Gasteiger partial charge in [-0.3, -0.25) is 0 Å². The van der Waals surface area contributed by atoms with Crippen LogP contribution in [0.1, 0.15) is 51.5 Å². The van der Waals surface area contributed by atoms with Gasteiger partial charge in [-0.1, -0.05) is 13.3 Å². The van der Waals surface area contributed by atoms with Crippen LogP contribution in [0, 0.1) is 17.6 Å². The predicted molar refractivity (Wildman–Crippen MR) is 80.4 cm³/mol. The minimum Gasteiger partial charge on any atom is -0.484 e. The van der Waals surface area contributed by atoms with E-state index < -0.39 is 11.6 Å². The summed E-state index contributed by atoms with van der Waals surface area (Å²) >= 11 is 0. The van der Waals surface area contributed by atoms with Gasteiger partial charge >= 0.3 is 0 Å². The van der Waals surface area contributed by atoms with Crippen molar-refractivity contribution in [2.75, 3.05) is 0 Å². The van der Waals surface area contributed by atoms with Crippen LogP contribution in [0.3, 0.4) is 0 Å². The zero-order valence-electron chi connectivity index (χ0n) is 12.9. The van der Waals surface area contributed by atoms with Crippen molar-refractivity contribution >= 4 is 0 Å². The van der Waals surface area contributed by atoms with Gasteiger partial charge in [0.2, 0.25) is 0 Å². The van der Waals surface area contributed by atoms with Crippen LogP contribution in [-0.4, -0.2) is 12.1 Å². The summed E-state index contributed by atoms with van der Waals surface area (Å²) in [4.78, 5) is 0. The van der Waals surface area contributed by atoms with Crippen LogP contribution in [0.2, 0.25) is 0 Å². The maximum Gasteiger partial charge on any atom is 0.191 e. The van der Waals surface area contributed by atoms with E-state index in [1.54, 1.807) is 0 Å².